The third-order valence-corrected chi connectivity index (χ3v) is 7.15. The van der Waals surface area contributed by atoms with Crippen molar-refractivity contribution in [2.75, 3.05) is 13.1 Å². The Hall–Kier alpha value is -3.19. The number of amides is 2. The predicted octanol–water partition coefficient (Wildman–Crippen LogP) is 5.69. The van der Waals surface area contributed by atoms with Crippen molar-refractivity contribution in [3.63, 3.8) is 0 Å². The van der Waals surface area contributed by atoms with Crippen molar-refractivity contribution in [3.8, 4) is 5.75 Å². The number of aromatic nitrogens is 1. The van der Waals surface area contributed by atoms with Crippen LogP contribution in [0.3, 0.4) is 0 Å². The van der Waals surface area contributed by atoms with Crippen molar-refractivity contribution in [2.45, 2.75) is 59.6 Å². The molecule has 1 aliphatic heterocycles. The lowest BCUT2D eigenvalue weighted by Crippen LogP contribution is -2.41. The molecule has 1 N–H and O–H groups in total. The summed E-state index contributed by atoms with van der Waals surface area (Å²) in [5, 5.41) is 5.37. The summed E-state index contributed by atoms with van der Waals surface area (Å²) in [4.78, 5) is 31.9. The second-order valence-corrected chi connectivity index (χ2v) is 10.7. The molecule has 1 aromatic heterocycles. The quantitative estimate of drug-likeness (QED) is 0.406. The van der Waals surface area contributed by atoms with Crippen LogP contribution in [-0.2, 0) is 17.8 Å². The molecule has 0 fully saturated rings. The number of ether oxygens (including phenoxy) is 1. The largest absolute Gasteiger partial charge is 0.486 e. The van der Waals surface area contributed by atoms with Gasteiger partial charge in [-0.25, -0.2) is 4.98 Å². The molecule has 0 saturated heterocycles. The van der Waals surface area contributed by atoms with Crippen LogP contribution in [-0.4, -0.2) is 34.8 Å². The molecule has 6 nitrogen and oxygen atoms in total. The number of carbonyl (C=O) groups is 2. The summed E-state index contributed by atoms with van der Waals surface area (Å²) in [6, 6.07) is 14.5. The Labute approximate surface area is 217 Å². The van der Waals surface area contributed by atoms with E-state index in [0.717, 1.165) is 34.7 Å². The fourth-order valence-electron chi connectivity index (χ4n) is 4.48. The third kappa shape index (κ3) is 6.13. The van der Waals surface area contributed by atoms with Gasteiger partial charge in [-0.15, -0.1) is 11.3 Å². The average molecular weight is 506 g/mol. The van der Waals surface area contributed by atoms with Gasteiger partial charge in [-0.05, 0) is 54.5 Å². The molecule has 3 aromatic rings. The molecule has 1 aliphatic rings. The van der Waals surface area contributed by atoms with Crippen molar-refractivity contribution < 1.29 is 14.3 Å². The van der Waals surface area contributed by atoms with Gasteiger partial charge in [-0.1, -0.05) is 56.7 Å². The number of hydrogen-bond acceptors (Lipinski definition) is 5. The van der Waals surface area contributed by atoms with Crippen molar-refractivity contribution >= 4 is 23.2 Å². The SMILES string of the molecule is CCCNC(=O)c1csc(COc2ccc3c(c2)C(c2ccc(C)cc2)N(C(=O)CC(C)C)CC3)n1. The van der Waals surface area contributed by atoms with E-state index in [1.165, 1.54) is 22.5 Å². The lowest BCUT2D eigenvalue weighted by Gasteiger charge is -2.38. The minimum absolute atomic E-state index is 0.141. The van der Waals surface area contributed by atoms with Crippen molar-refractivity contribution in [1.82, 2.24) is 15.2 Å². The highest BCUT2D eigenvalue weighted by Gasteiger charge is 2.32. The van der Waals surface area contributed by atoms with E-state index in [0.29, 0.717) is 31.1 Å². The Balaban J connectivity index is 1.56. The van der Waals surface area contributed by atoms with Crippen LogP contribution in [0.25, 0.3) is 0 Å². The van der Waals surface area contributed by atoms with E-state index >= 15 is 0 Å². The van der Waals surface area contributed by atoms with Crippen molar-refractivity contribution in [1.29, 1.82) is 0 Å². The highest BCUT2D eigenvalue weighted by atomic mass is 32.1. The number of nitrogens with zero attached hydrogens (tertiary/aromatic N) is 2. The summed E-state index contributed by atoms with van der Waals surface area (Å²) in [6.45, 7) is 9.89. The summed E-state index contributed by atoms with van der Waals surface area (Å²) in [5.41, 5.74) is 5.08. The highest BCUT2D eigenvalue weighted by Crippen LogP contribution is 2.38. The molecule has 2 aromatic carbocycles. The summed E-state index contributed by atoms with van der Waals surface area (Å²) >= 11 is 1.42. The van der Waals surface area contributed by atoms with E-state index in [-0.39, 0.29) is 24.5 Å². The molecular weight excluding hydrogens is 470 g/mol. The lowest BCUT2D eigenvalue weighted by molar-refractivity contribution is -0.134. The van der Waals surface area contributed by atoms with Crippen LogP contribution in [0.5, 0.6) is 5.75 Å². The zero-order valence-corrected chi connectivity index (χ0v) is 22.4. The summed E-state index contributed by atoms with van der Waals surface area (Å²) in [6.07, 6.45) is 2.24. The summed E-state index contributed by atoms with van der Waals surface area (Å²) in [5.74, 6) is 1.07. The van der Waals surface area contributed by atoms with E-state index < -0.39 is 0 Å². The molecular formula is C29H35N3O3S. The number of benzene rings is 2. The molecule has 4 rings (SSSR count). The molecule has 0 saturated carbocycles. The van der Waals surface area contributed by atoms with E-state index in [9.17, 15) is 9.59 Å². The Kier molecular flexibility index (Phi) is 8.41. The first kappa shape index (κ1) is 25.9. The van der Waals surface area contributed by atoms with Gasteiger partial charge >= 0.3 is 0 Å². The average Bonchev–Trinajstić information content (AvgIpc) is 3.34. The normalized spacial score (nSPS) is 15.0. The van der Waals surface area contributed by atoms with Gasteiger partial charge in [0.15, 0.2) is 0 Å². The molecule has 2 amide bonds. The molecule has 0 bridgehead atoms. The maximum Gasteiger partial charge on any atom is 0.270 e. The highest BCUT2D eigenvalue weighted by molar-refractivity contribution is 7.09. The van der Waals surface area contributed by atoms with Crippen LogP contribution in [0.4, 0.5) is 0 Å². The lowest BCUT2D eigenvalue weighted by atomic mass is 9.87. The van der Waals surface area contributed by atoms with Crippen molar-refractivity contribution in [2.24, 2.45) is 5.92 Å². The molecule has 0 aliphatic carbocycles. The fraction of sp³-hybridized carbons (Fsp3) is 0.414. The zero-order valence-electron chi connectivity index (χ0n) is 21.5. The van der Waals surface area contributed by atoms with Crippen LogP contribution < -0.4 is 10.1 Å². The van der Waals surface area contributed by atoms with Crippen LogP contribution >= 0.6 is 11.3 Å². The van der Waals surface area contributed by atoms with Gasteiger partial charge in [0.25, 0.3) is 5.91 Å². The number of hydrogen-bond donors (Lipinski definition) is 1. The molecule has 0 spiro atoms. The Bertz CT molecular complexity index is 1200. The first-order valence-corrected chi connectivity index (χ1v) is 13.6. The number of aryl methyl sites for hydroxylation is 1. The Morgan fingerprint density at radius 1 is 1.19 bits per heavy atom. The fourth-order valence-corrected chi connectivity index (χ4v) is 5.17. The second-order valence-electron chi connectivity index (χ2n) is 9.78. The van der Waals surface area contributed by atoms with E-state index in [1.807, 2.05) is 17.9 Å². The molecule has 2 heterocycles. The van der Waals surface area contributed by atoms with Gasteiger partial charge in [-0.2, -0.15) is 0 Å². The first-order valence-electron chi connectivity index (χ1n) is 12.7. The molecule has 1 atom stereocenters. The van der Waals surface area contributed by atoms with Crippen LogP contribution in [0.1, 0.15) is 77.4 Å². The smallest absolute Gasteiger partial charge is 0.270 e. The third-order valence-electron chi connectivity index (χ3n) is 6.32. The topological polar surface area (TPSA) is 71.5 Å². The number of nitrogens with one attached hydrogen (secondary N) is 1. The van der Waals surface area contributed by atoms with E-state index in [2.05, 4.69) is 67.5 Å². The summed E-state index contributed by atoms with van der Waals surface area (Å²) < 4.78 is 6.11. The number of carbonyl (C=O) groups excluding carboxylic acids is 2. The monoisotopic (exact) mass is 505 g/mol. The maximum atomic E-state index is 13.2. The van der Waals surface area contributed by atoms with Gasteiger partial charge in [0, 0.05) is 24.9 Å². The van der Waals surface area contributed by atoms with E-state index in [1.54, 1.807) is 5.38 Å². The Morgan fingerprint density at radius 3 is 2.69 bits per heavy atom. The van der Waals surface area contributed by atoms with Crippen LogP contribution in [0.2, 0.25) is 0 Å². The molecule has 1 unspecified atom stereocenters. The molecule has 0 radical (unpaired) electrons. The minimum atomic E-state index is -0.153. The minimum Gasteiger partial charge on any atom is -0.486 e. The number of thiazole rings is 1. The standard InChI is InChI=1S/C29H35N3O3S/c1-5-13-30-29(34)25-18-36-26(31-25)17-35-23-11-10-21-12-14-32(27(33)15-19(2)3)28(24(21)16-23)22-8-6-20(4)7-9-22/h6-11,16,18-19,28H,5,12-15,17H2,1-4H3,(H,30,34). The molecule has 190 valence electrons. The van der Waals surface area contributed by atoms with Gasteiger partial charge in [-0.3, -0.25) is 9.59 Å². The van der Waals surface area contributed by atoms with Crippen LogP contribution in [0.15, 0.2) is 47.8 Å². The van der Waals surface area contributed by atoms with E-state index in [4.69, 9.17) is 4.74 Å². The number of rotatable bonds is 9. The maximum absolute atomic E-state index is 13.2. The van der Waals surface area contributed by atoms with Gasteiger partial charge in [0.1, 0.15) is 23.1 Å². The van der Waals surface area contributed by atoms with Gasteiger partial charge in [0.2, 0.25) is 5.91 Å². The Morgan fingerprint density at radius 2 is 1.97 bits per heavy atom. The molecule has 36 heavy (non-hydrogen) atoms. The van der Waals surface area contributed by atoms with Crippen molar-refractivity contribution in [3.05, 3.63) is 80.8 Å². The van der Waals surface area contributed by atoms with Gasteiger partial charge < -0.3 is 15.0 Å². The predicted molar refractivity (Wildman–Crippen MR) is 143 cm³/mol. The second kappa shape index (κ2) is 11.7. The summed E-state index contributed by atoms with van der Waals surface area (Å²) in [7, 11) is 0. The molecule has 7 heteroatoms. The zero-order chi connectivity index (χ0) is 25.7. The van der Waals surface area contributed by atoms with Crippen LogP contribution in [0, 0.1) is 12.8 Å². The first-order chi connectivity index (χ1) is 17.4. The van der Waals surface area contributed by atoms with Gasteiger partial charge in [0.05, 0.1) is 6.04 Å². The number of fused-ring (bicyclic) bond motifs is 1.